The molecule has 0 saturated carbocycles. The van der Waals surface area contributed by atoms with Crippen LogP contribution in [0.25, 0.3) is 22.0 Å². The van der Waals surface area contributed by atoms with Crippen LogP contribution in [0, 0.1) is 0 Å². The van der Waals surface area contributed by atoms with E-state index in [1.54, 1.807) is 27.4 Å². The van der Waals surface area contributed by atoms with E-state index in [1.165, 1.54) is 13.0 Å². The highest BCUT2D eigenvalue weighted by Crippen LogP contribution is 2.50. The van der Waals surface area contributed by atoms with E-state index < -0.39 is 6.04 Å². The zero-order valence-corrected chi connectivity index (χ0v) is 25.9. The lowest BCUT2D eigenvalue weighted by molar-refractivity contribution is -0.119. The van der Waals surface area contributed by atoms with Gasteiger partial charge in [-0.05, 0) is 79.8 Å². The summed E-state index contributed by atoms with van der Waals surface area (Å²) in [6.07, 6.45) is 3.16. The summed E-state index contributed by atoms with van der Waals surface area (Å²) in [6, 6.07) is 14.5. The number of ether oxygens (including phenoxy) is 3. The highest BCUT2D eigenvalue weighted by Gasteiger charge is 2.29. The lowest BCUT2D eigenvalue weighted by atomic mass is 9.95. The Kier molecular flexibility index (Phi) is 8.80. The highest BCUT2D eigenvalue weighted by molar-refractivity contribution is 6.02. The third kappa shape index (κ3) is 5.79. The van der Waals surface area contributed by atoms with Crippen LogP contribution in [0.2, 0.25) is 0 Å². The van der Waals surface area contributed by atoms with Crippen LogP contribution < -0.4 is 35.6 Å². The predicted molar refractivity (Wildman–Crippen MR) is 172 cm³/mol. The molecular weight excluding hydrogens is 560 g/mol. The van der Waals surface area contributed by atoms with Crippen molar-refractivity contribution in [1.29, 1.82) is 0 Å². The average molecular weight is 599 g/mol. The van der Waals surface area contributed by atoms with Crippen molar-refractivity contribution < 1.29 is 23.8 Å². The first kappa shape index (κ1) is 30.5. The van der Waals surface area contributed by atoms with Crippen molar-refractivity contribution in [2.45, 2.75) is 45.7 Å². The van der Waals surface area contributed by atoms with Crippen LogP contribution in [0.5, 0.6) is 17.2 Å². The van der Waals surface area contributed by atoms with E-state index in [0.717, 1.165) is 22.0 Å². The van der Waals surface area contributed by atoms with Crippen molar-refractivity contribution in [3.05, 3.63) is 76.1 Å². The van der Waals surface area contributed by atoms with E-state index in [0.29, 0.717) is 46.9 Å². The minimum Gasteiger partial charge on any atom is -0.493 e. The normalized spacial score (nSPS) is 13.8. The molecule has 230 valence electrons. The maximum absolute atomic E-state index is 13.6. The van der Waals surface area contributed by atoms with Gasteiger partial charge in [0.1, 0.15) is 0 Å². The molecule has 0 fully saturated rings. The van der Waals surface area contributed by atoms with Crippen LogP contribution in [0.1, 0.15) is 50.4 Å². The minimum absolute atomic E-state index is 0.120. The van der Waals surface area contributed by atoms with Gasteiger partial charge in [-0.15, -0.1) is 0 Å². The minimum atomic E-state index is -0.425. The first-order chi connectivity index (χ1) is 21.2. The maximum atomic E-state index is 13.6. The number of rotatable bonds is 9. The molecule has 1 aliphatic carbocycles. The fourth-order valence-electron chi connectivity index (χ4n) is 5.97. The van der Waals surface area contributed by atoms with Crippen molar-refractivity contribution >= 4 is 34.1 Å². The lowest BCUT2D eigenvalue weighted by Gasteiger charge is -2.19. The second-order valence-electron chi connectivity index (χ2n) is 11.1. The fraction of sp³-hybridized carbons (Fsp3) is 0.324. The van der Waals surface area contributed by atoms with Gasteiger partial charge >= 0.3 is 0 Å². The Balaban J connectivity index is 1.50. The number of hydrogen-bond donors (Lipinski definition) is 3. The molecule has 0 radical (unpaired) electrons. The molecule has 0 bridgehead atoms. The summed E-state index contributed by atoms with van der Waals surface area (Å²) in [7, 11) is 4.66. The van der Waals surface area contributed by atoms with Crippen LogP contribution in [0.3, 0.4) is 0 Å². The topological polar surface area (TPSA) is 120 Å². The molecule has 44 heavy (non-hydrogen) atoms. The van der Waals surface area contributed by atoms with Crippen LogP contribution >= 0.6 is 0 Å². The fourth-order valence-corrected chi connectivity index (χ4v) is 5.97. The zero-order valence-electron chi connectivity index (χ0n) is 25.9. The molecular formula is C34H38N4O6. The van der Waals surface area contributed by atoms with E-state index in [4.69, 9.17) is 14.2 Å². The SMILES string of the molecule is COc1cc2c(c(OC)c1OC)-c1ccc(NCC(=O)Nc3cccc4c3ccn4C(C)C)c(=O)cc1[C@@H](NC(C)=O)CC2. The highest BCUT2D eigenvalue weighted by atomic mass is 16.5. The predicted octanol–water partition coefficient (Wildman–Crippen LogP) is 5.45. The standard InChI is InChI=1S/C34H38N4O6/c1-19(2)38-15-14-23-25(8-7-9-28(23)38)37-31(41)18-35-27-13-11-22-24(17-29(27)40)26(36-20(3)39)12-10-21-16-30(42-4)33(43-5)34(44-6)32(21)22/h7-9,11,13-17,19,26H,10,12,18H2,1-6H3,(H,35,40)(H,36,39)(H,37,41)/t26-/m0/s1. The second-order valence-corrected chi connectivity index (χ2v) is 11.1. The van der Waals surface area contributed by atoms with Crippen LogP contribution in [-0.2, 0) is 16.0 Å². The molecule has 3 N–H and O–H groups in total. The average Bonchev–Trinajstić information content (AvgIpc) is 3.31. The van der Waals surface area contributed by atoms with Crippen molar-refractivity contribution in [2.24, 2.45) is 0 Å². The van der Waals surface area contributed by atoms with E-state index in [2.05, 4.69) is 34.4 Å². The lowest BCUT2D eigenvalue weighted by Crippen LogP contribution is -2.27. The third-order valence-corrected chi connectivity index (χ3v) is 7.95. The molecule has 1 heterocycles. The molecule has 5 rings (SSSR count). The Hall–Kier alpha value is -4.99. The summed E-state index contributed by atoms with van der Waals surface area (Å²) < 4.78 is 19.2. The molecule has 0 aliphatic heterocycles. The number of aromatic nitrogens is 1. The molecule has 0 spiro atoms. The van der Waals surface area contributed by atoms with Gasteiger partial charge in [-0.2, -0.15) is 0 Å². The Bertz CT molecular complexity index is 1800. The number of fused-ring (bicyclic) bond motifs is 4. The Labute approximate surface area is 256 Å². The maximum Gasteiger partial charge on any atom is 0.243 e. The molecule has 3 aromatic carbocycles. The summed E-state index contributed by atoms with van der Waals surface area (Å²) in [5.74, 6) is 0.932. The van der Waals surface area contributed by atoms with Crippen molar-refractivity contribution in [3.63, 3.8) is 0 Å². The van der Waals surface area contributed by atoms with Crippen molar-refractivity contribution in [1.82, 2.24) is 9.88 Å². The van der Waals surface area contributed by atoms with E-state index in [9.17, 15) is 14.4 Å². The van der Waals surface area contributed by atoms with Gasteiger partial charge in [-0.25, -0.2) is 0 Å². The van der Waals surface area contributed by atoms with Gasteiger partial charge in [0.05, 0.1) is 50.8 Å². The summed E-state index contributed by atoms with van der Waals surface area (Å²) in [6.45, 7) is 5.55. The molecule has 0 saturated heterocycles. The molecule has 1 aromatic heterocycles. The van der Waals surface area contributed by atoms with Gasteiger partial charge in [-0.1, -0.05) is 12.1 Å². The molecule has 2 amide bonds. The zero-order chi connectivity index (χ0) is 31.5. The summed E-state index contributed by atoms with van der Waals surface area (Å²) in [4.78, 5) is 38.8. The van der Waals surface area contributed by atoms with Crippen molar-refractivity contribution in [3.8, 4) is 28.4 Å². The number of methoxy groups -OCH3 is 3. The monoisotopic (exact) mass is 598 g/mol. The molecule has 0 unspecified atom stereocenters. The van der Waals surface area contributed by atoms with Crippen LogP contribution in [0.15, 0.2) is 59.5 Å². The largest absolute Gasteiger partial charge is 0.493 e. The number of nitrogens with one attached hydrogen (secondary N) is 3. The van der Waals surface area contributed by atoms with Gasteiger partial charge in [0, 0.05) is 30.1 Å². The number of aryl methyl sites for hydroxylation is 1. The first-order valence-corrected chi connectivity index (χ1v) is 14.6. The van der Waals surface area contributed by atoms with Crippen LogP contribution in [0.4, 0.5) is 11.4 Å². The van der Waals surface area contributed by atoms with E-state index in [-0.39, 0.29) is 35.5 Å². The van der Waals surface area contributed by atoms with E-state index >= 15 is 0 Å². The summed E-state index contributed by atoms with van der Waals surface area (Å²) >= 11 is 0. The number of carbonyl (C=O) groups excluding carboxylic acids is 2. The number of nitrogens with zero attached hydrogens (tertiary/aromatic N) is 1. The van der Waals surface area contributed by atoms with E-state index in [1.807, 2.05) is 42.6 Å². The molecule has 10 nitrogen and oxygen atoms in total. The van der Waals surface area contributed by atoms with Crippen molar-refractivity contribution in [2.75, 3.05) is 38.5 Å². The Morgan fingerprint density at radius 1 is 0.977 bits per heavy atom. The summed E-state index contributed by atoms with van der Waals surface area (Å²) in [5.41, 5.74) is 4.72. The molecule has 1 atom stereocenters. The second kappa shape index (κ2) is 12.7. The Morgan fingerprint density at radius 2 is 1.75 bits per heavy atom. The first-order valence-electron chi connectivity index (χ1n) is 14.6. The molecule has 10 heteroatoms. The number of anilines is 2. The number of hydrogen-bond acceptors (Lipinski definition) is 7. The van der Waals surface area contributed by atoms with Crippen LogP contribution in [-0.4, -0.2) is 44.3 Å². The molecule has 1 aliphatic rings. The summed E-state index contributed by atoms with van der Waals surface area (Å²) in [5, 5.41) is 9.93. The van der Waals surface area contributed by atoms with Gasteiger partial charge in [0.15, 0.2) is 11.5 Å². The van der Waals surface area contributed by atoms with Gasteiger partial charge in [-0.3, -0.25) is 14.4 Å². The quantitative estimate of drug-likeness (QED) is 0.234. The Morgan fingerprint density at radius 3 is 2.43 bits per heavy atom. The van der Waals surface area contributed by atoms with Gasteiger partial charge in [0.2, 0.25) is 23.0 Å². The van der Waals surface area contributed by atoms with Gasteiger partial charge in [0.25, 0.3) is 0 Å². The molecule has 4 aromatic rings. The van der Waals surface area contributed by atoms with Gasteiger partial charge < -0.3 is 34.7 Å². The number of amides is 2. The number of benzene rings is 2. The smallest absolute Gasteiger partial charge is 0.243 e. The third-order valence-electron chi connectivity index (χ3n) is 7.95. The number of carbonyl (C=O) groups is 2.